The van der Waals surface area contributed by atoms with Crippen molar-refractivity contribution in [2.45, 2.75) is 31.6 Å². The molecule has 8 aromatic carbocycles. The summed E-state index contributed by atoms with van der Waals surface area (Å²) < 4.78 is 6.64. The number of hydrogen-bond donors (Lipinski definition) is 1. The molecule has 1 aliphatic heterocycles. The Bertz CT molecular complexity index is 2940. The van der Waals surface area contributed by atoms with Crippen molar-refractivity contribution in [1.82, 2.24) is 0 Å². The predicted octanol–water partition coefficient (Wildman–Crippen LogP) is 13.6. The van der Waals surface area contributed by atoms with E-state index >= 15 is 0 Å². The lowest BCUT2D eigenvalue weighted by molar-refractivity contribution is 0.425. The van der Waals surface area contributed by atoms with Crippen molar-refractivity contribution in [3.05, 3.63) is 244 Å². The van der Waals surface area contributed by atoms with Gasteiger partial charge in [-0.1, -0.05) is 178 Å². The molecular formula is C55H42N2O. The Hall–Kier alpha value is -7.10. The molecule has 2 aliphatic rings. The highest BCUT2D eigenvalue weighted by Gasteiger charge is 2.53. The van der Waals surface area contributed by atoms with Crippen LogP contribution in [-0.2, 0) is 10.8 Å². The standard InChI is InChI=1S/C55H42N2O/c1-36(37-17-5-4-6-18-37)57-50(42-32-31-38-19-7-8-20-39(38)33-42)35-49(56)41-22-15-21-40(34-41)43-23-16-28-48-53(43)54(2,3)44-24-9-10-25-45(44)55(48)46-26-11-13-29-51(46)58-52-30-14-12-27-47(52)55/h4-35,56H,1-3H3/b50-35-,56-49?,57-36+. The third-order valence-corrected chi connectivity index (χ3v) is 12.2. The van der Waals surface area contributed by atoms with Crippen LogP contribution in [0.1, 0.15) is 70.8 Å². The van der Waals surface area contributed by atoms with Crippen molar-refractivity contribution in [3.63, 3.8) is 0 Å². The van der Waals surface area contributed by atoms with E-state index in [2.05, 4.69) is 178 Å². The highest BCUT2D eigenvalue weighted by Crippen LogP contribution is 2.62. The van der Waals surface area contributed by atoms with E-state index in [4.69, 9.17) is 9.73 Å². The maximum absolute atomic E-state index is 9.60. The Labute approximate surface area is 340 Å². The van der Waals surface area contributed by atoms with E-state index in [9.17, 15) is 5.41 Å². The molecule has 0 saturated carbocycles. The molecule has 8 aromatic rings. The van der Waals surface area contributed by atoms with Gasteiger partial charge in [0.2, 0.25) is 0 Å². The van der Waals surface area contributed by atoms with Crippen LogP contribution in [0.25, 0.3) is 27.6 Å². The first-order chi connectivity index (χ1) is 28.3. The zero-order valence-corrected chi connectivity index (χ0v) is 32.8. The SMILES string of the molecule is C/C(=N\C(=C/C(=N)c1cccc(-c2cccc3c2C(C)(C)c2ccccc2C32c3ccccc3Oc3ccccc32)c1)c1ccc2ccccc2c1)c1ccccc1. The smallest absolute Gasteiger partial charge is 0.132 e. The first-order valence-electron chi connectivity index (χ1n) is 20.0. The van der Waals surface area contributed by atoms with Crippen LogP contribution in [-0.4, -0.2) is 11.4 Å². The molecule has 0 saturated heterocycles. The van der Waals surface area contributed by atoms with E-state index in [-0.39, 0.29) is 5.41 Å². The maximum Gasteiger partial charge on any atom is 0.132 e. The number of fused-ring (bicyclic) bond motifs is 9. The van der Waals surface area contributed by atoms with E-state index in [0.717, 1.165) is 67.2 Å². The van der Waals surface area contributed by atoms with Gasteiger partial charge in [-0.05, 0) is 87.0 Å². The number of hydrogen-bond acceptors (Lipinski definition) is 3. The van der Waals surface area contributed by atoms with Crippen molar-refractivity contribution in [2.24, 2.45) is 4.99 Å². The normalized spacial score (nSPS) is 14.8. The first kappa shape index (κ1) is 35.3. The number of allylic oxidation sites excluding steroid dienone is 1. The van der Waals surface area contributed by atoms with Gasteiger partial charge in [0.05, 0.1) is 16.8 Å². The van der Waals surface area contributed by atoms with Crippen molar-refractivity contribution in [1.29, 1.82) is 5.41 Å². The van der Waals surface area contributed by atoms with Crippen LogP contribution in [0.15, 0.2) is 199 Å². The third kappa shape index (κ3) is 5.57. The average Bonchev–Trinajstić information content (AvgIpc) is 3.27. The average molecular weight is 747 g/mol. The van der Waals surface area contributed by atoms with Crippen molar-refractivity contribution >= 4 is 27.9 Å². The van der Waals surface area contributed by atoms with Crippen LogP contribution in [0.5, 0.6) is 11.5 Å². The summed E-state index contributed by atoms with van der Waals surface area (Å²) in [5, 5.41) is 11.9. The Kier molecular flexibility index (Phi) is 8.42. The molecule has 278 valence electrons. The fourth-order valence-electron chi connectivity index (χ4n) is 9.52. The van der Waals surface area contributed by atoms with Crippen molar-refractivity contribution in [3.8, 4) is 22.6 Å². The van der Waals surface area contributed by atoms with E-state index < -0.39 is 5.41 Å². The fraction of sp³-hybridized carbons (Fsp3) is 0.0909. The van der Waals surface area contributed by atoms with E-state index in [1.807, 2.05) is 37.3 Å². The quantitative estimate of drug-likeness (QED) is 0.169. The van der Waals surface area contributed by atoms with Gasteiger partial charge in [0.25, 0.3) is 0 Å². The largest absolute Gasteiger partial charge is 0.457 e. The van der Waals surface area contributed by atoms with Gasteiger partial charge in [0, 0.05) is 33.4 Å². The van der Waals surface area contributed by atoms with Crippen LogP contribution >= 0.6 is 0 Å². The lowest BCUT2D eigenvalue weighted by atomic mass is 9.53. The molecule has 58 heavy (non-hydrogen) atoms. The predicted molar refractivity (Wildman–Crippen MR) is 240 cm³/mol. The van der Waals surface area contributed by atoms with Gasteiger partial charge in [-0.15, -0.1) is 0 Å². The zero-order valence-electron chi connectivity index (χ0n) is 32.8. The van der Waals surface area contributed by atoms with Gasteiger partial charge in [-0.2, -0.15) is 0 Å². The molecule has 1 aliphatic carbocycles. The fourth-order valence-corrected chi connectivity index (χ4v) is 9.52. The van der Waals surface area contributed by atoms with Gasteiger partial charge in [0.15, 0.2) is 0 Å². The monoisotopic (exact) mass is 746 g/mol. The van der Waals surface area contributed by atoms with Crippen molar-refractivity contribution in [2.75, 3.05) is 0 Å². The lowest BCUT2D eigenvalue weighted by Crippen LogP contribution is -2.43. The van der Waals surface area contributed by atoms with E-state index in [0.29, 0.717) is 5.71 Å². The molecule has 0 bridgehead atoms. The second-order valence-corrected chi connectivity index (χ2v) is 15.9. The maximum atomic E-state index is 9.60. The minimum Gasteiger partial charge on any atom is -0.457 e. The van der Waals surface area contributed by atoms with Gasteiger partial charge in [0.1, 0.15) is 11.5 Å². The molecule has 1 N–H and O–H groups in total. The van der Waals surface area contributed by atoms with Crippen LogP contribution in [0, 0.1) is 5.41 Å². The highest BCUT2D eigenvalue weighted by atomic mass is 16.5. The summed E-state index contributed by atoms with van der Waals surface area (Å²) in [6, 6.07) is 66.3. The van der Waals surface area contributed by atoms with Gasteiger partial charge < -0.3 is 10.1 Å². The Morgan fingerprint density at radius 1 is 0.517 bits per heavy atom. The first-order valence-corrected chi connectivity index (χ1v) is 20.0. The van der Waals surface area contributed by atoms with Gasteiger partial charge in [-0.25, -0.2) is 0 Å². The molecule has 0 radical (unpaired) electrons. The summed E-state index contributed by atoms with van der Waals surface area (Å²) >= 11 is 0. The van der Waals surface area contributed by atoms with Gasteiger partial charge >= 0.3 is 0 Å². The van der Waals surface area contributed by atoms with E-state index in [1.54, 1.807) is 0 Å². The number of nitrogens with zero attached hydrogens (tertiary/aromatic N) is 1. The molecule has 0 fully saturated rings. The lowest BCUT2D eigenvalue weighted by Gasteiger charge is -2.50. The summed E-state index contributed by atoms with van der Waals surface area (Å²) in [6.45, 7) is 6.75. The molecular weight excluding hydrogens is 705 g/mol. The molecule has 3 nitrogen and oxygen atoms in total. The number of nitrogens with one attached hydrogen (secondary N) is 1. The highest BCUT2D eigenvalue weighted by molar-refractivity contribution is 6.12. The molecule has 0 unspecified atom stereocenters. The summed E-state index contributed by atoms with van der Waals surface area (Å²) in [4.78, 5) is 5.18. The van der Waals surface area contributed by atoms with Crippen LogP contribution in [0.3, 0.4) is 0 Å². The molecule has 0 amide bonds. The van der Waals surface area contributed by atoms with Crippen molar-refractivity contribution < 1.29 is 4.74 Å². The summed E-state index contributed by atoms with van der Waals surface area (Å²) in [6.07, 6.45) is 1.92. The Balaban J connectivity index is 1.15. The van der Waals surface area contributed by atoms with Gasteiger partial charge in [-0.3, -0.25) is 4.99 Å². The molecule has 0 aromatic heterocycles. The third-order valence-electron chi connectivity index (χ3n) is 12.2. The summed E-state index contributed by atoms with van der Waals surface area (Å²) in [5.41, 5.74) is 13.5. The zero-order chi connectivity index (χ0) is 39.4. The Morgan fingerprint density at radius 2 is 1.10 bits per heavy atom. The minimum atomic E-state index is -0.598. The van der Waals surface area contributed by atoms with Crippen LogP contribution < -0.4 is 4.74 Å². The van der Waals surface area contributed by atoms with Crippen LogP contribution in [0.4, 0.5) is 0 Å². The minimum absolute atomic E-state index is 0.341. The molecule has 10 rings (SSSR count). The van der Waals surface area contributed by atoms with Crippen LogP contribution in [0.2, 0.25) is 0 Å². The number of aliphatic imine (C=N–C) groups is 1. The molecule has 0 atom stereocenters. The topological polar surface area (TPSA) is 45.4 Å². The van der Waals surface area contributed by atoms with E-state index in [1.165, 1.54) is 27.6 Å². The summed E-state index contributed by atoms with van der Waals surface area (Å²) in [5.74, 6) is 1.75. The molecule has 3 heteroatoms. The molecule has 1 heterocycles. The second kappa shape index (κ2) is 13.8. The molecule has 1 spiro atoms. The number of benzene rings is 8. The number of para-hydroxylation sites is 2. The number of ether oxygens (including phenoxy) is 1. The summed E-state index contributed by atoms with van der Waals surface area (Å²) in [7, 11) is 0. The second-order valence-electron chi connectivity index (χ2n) is 15.9. The number of rotatable bonds is 6. The Morgan fingerprint density at radius 3 is 1.84 bits per heavy atom.